The Kier molecular flexibility index (Phi) is 4.26. The topological polar surface area (TPSA) is 81.4 Å². The predicted molar refractivity (Wildman–Crippen MR) is 56.6 cm³/mol. The molecule has 1 rings (SSSR count). The van der Waals surface area contributed by atoms with Gasteiger partial charge in [-0.2, -0.15) is 11.3 Å². The highest BCUT2D eigenvalue weighted by Gasteiger charge is 2.18. The van der Waals surface area contributed by atoms with Crippen LogP contribution in [-0.4, -0.2) is 31.6 Å². The van der Waals surface area contributed by atoms with Gasteiger partial charge < -0.3 is 15.8 Å². The lowest BCUT2D eigenvalue weighted by Crippen LogP contribution is -2.47. The molecule has 0 saturated carbocycles. The standard InChI is InChI=1S/C9H12N2O3S/c1-14-4-7(8(10)12)11-9(13)6-2-3-15-5-6/h2-3,5,7H,4H2,1H3,(H2,10,12)(H,11,13). The van der Waals surface area contributed by atoms with E-state index in [-0.39, 0.29) is 12.5 Å². The molecule has 0 fully saturated rings. The Labute approximate surface area is 91.2 Å². The van der Waals surface area contributed by atoms with Gasteiger partial charge in [-0.3, -0.25) is 9.59 Å². The molecule has 1 atom stereocenters. The highest BCUT2D eigenvalue weighted by molar-refractivity contribution is 7.08. The largest absolute Gasteiger partial charge is 0.382 e. The molecule has 0 spiro atoms. The third-order valence-electron chi connectivity index (χ3n) is 1.77. The summed E-state index contributed by atoms with van der Waals surface area (Å²) >= 11 is 1.41. The number of carbonyl (C=O) groups is 2. The number of hydrogen-bond donors (Lipinski definition) is 2. The molecule has 1 aromatic rings. The Bertz CT molecular complexity index is 337. The lowest BCUT2D eigenvalue weighted by molar-refractivity contribution is -0.121. The maximum Gasteiger partial charge on any atom is 0.252 e. The van der Waals surface area contributed by atoms with E-state index in [9.17, 15) is 9.59 Å². The third kappa shape index (κ3) is 3.34. The van der Waals surface area contributed by atoms with Crippen molar-refractivity contribution < 1.29 is 14.3 Å². The van der Waals surface area contributed by atoms with Crippen molar-refractivity contribution in [2.75, 3.05) is 13.7 Å². The lowest BCUT2D eigenvalue weighted by Gasteiger charge is -2.13. The minimum atomic E-state index is -0.789. The average Bonchev–Trinajstić information content (AvgIpc) is 2.69. The van der Waals surface area contributed by atoms with Crippen LogP contribution in [0.25, 0.3) is 0 Å². The molecular weight excluding hydrogens is 216 g/mol. The molecule has 15 heavy (non-hydrogen) atoms. The van der Waals surface area contributed by atoms with Crippen molar-refractivity contribution in [3.8, 4) is 0 Å². The number of nitrogens with two attached hydrogens (primary N) is 1. The number of thiophene rings is 1. The summed E-state index contributed by atoms with van der Waals surface area (Å²) in [6.45, 7) is 0.0746. The monoisotopic (exact) mass is 228 g/mol. The Morgan fingerprint density at radius 1 is 1.67 bits per heavy atom. The van der Waals surface area contributed by atoms with Gasteiger partial charge in [-0.05, 0) is 11.4 Å². The third-order valence-corrected chi connectivity index (χ3v) is 2.45. The Balaban J connectivity index is 2.59. The molecule has 0 radical (unpaired) electrons. The number of hydrogen-bond acceptors (Lipinski definition) is 4. The van der Waals surface area contributed by atoms with E-state index in [1.807, 2.05) is 0 Å². The first-order valence-corrected chi connectivity index (χ1v) is 5.20. The van der Waals surface area contributed by atoms with Crippen molar-refractivity contribution in [3.05, 3.63) is 22.4 Å². The first-order valence-electron chi connectivity index (χ1n) is 4.26. The molecule has 5 nitrogen and oxygen atoms in total. The molecular formula is C9H12N2O3S. The molecule has 2 amide bonds. The number of rotatable bonds is 5. The van der Waals surface area contributed by atoms with Crippen LogP contribution in [0.2, 0.25) is 0 Å². The van der Waals surface area contributed by atoms with E-state index in [0.717, 1.165) is 0 Å². The summed E-state index contributed by atoms with van der Waals surface area (Å²) in [5, 5.41) is 5.96. The van der Waals surface area contributed by atoms with Gasteiger partial charge in [-0.1, -0.05) is 0 Å². The number of carbonyl (C=O) groups excluding carboxylic acids is 2. The Hall–Kier alpha value is -1.40. The van der Waals surface area contributed by atoms with E-state index in [0.29, 0.717) is 5.56 Å². The quantitative estimate of drug-likeness (QED) is 0.743. The summed E-state index contributed by atoms with van der Waals surface area (Å²) in [5.74, 6) is -0.933. The minimum Gasteiger partial charge on any atom is -0.382 e. The van der Waals surface area contributed by atoms with E-state index in [1.54, 1.807) is 16.8 Å². The van der Waals surface area contributed by atoms with Crippen LogP contribution in [0.4, 0.5) is 0 Å². The van der Waals surface area contributed by atoms with Crippen molar-refractivity contribution >= 4 is 23.2 Å². The van der Waals surface area contributed by atoms with Gasteiger partial charge in [0.25, 0.3) is 5.91 Å². The summed E-state index contributed by atoms with van der Waals surface area (Å²) in [5.41, 5.74) is 5.61. The van der Waals surface area contributed by atoms with Crippen LogP contribution >= 0.6 is 11.3 Å². The normalized spacial score (nSPS) is 12.1. The summed E-state index contributed by atoms with van der Waals surface area (Å²) in [7, 11) is 1.44. The van der Waals surface area contributed by atoms with E-state index < -0.39 is 11.9 Å². The fraction of sp³-hybridized carbons (Fsp3) is 0.333. The van der Waals surface area contributed by atoms with Crippen molar-refractivity contribution in [3.63, 3.8) is 0 Å². The summed E-state index contributed by atoms with van der Waals surface area (Å²) in [4.78, 5) is 22.5. The maximum absolute atomic E-state index is 11.5. The van der Waals surface area contributed by atoms with E-state index in [4.69, 9.17) is 10.5 Å². The van der Waals surface area contributed by atoms with Crippen molar-refractivity contribution in [1.82, 2.24) is 5.32 Å². The second-order valence-electron chi connectivity index (χ2n) is 2.90. The van der Waals surface area contributed by atoms with Crippen molar-refractivity contribution in [2.45, 2.75) is 6.04 Å². The predicted octanol–water partition coefficient (Wildman–Crippen LogP) is -0.0218. The van der Waals surface area contributed by atoms with Gasteiger partial charge in [0, 0.05) is 12.5 Å². The molecule has 1 heterocycles. The van der Waals surface area contributed by atoms with Crippen LogP contribution in [-0.2, 0) is 9.53 Å². The molecule has 0 aliphatic heterocycles. The number of amides is 2. The molecule has 6 heteroatoms. The zero-order chi connectivity index (χ0) is 11.3. The smallest absolute Gasteiger partial charge is 0.252 e. The van der Waals surface area contributed by atoms with Crippen LogP contribution in [0.1, 0.15) is 10.4 Å². The van der Waals surface area contributed by atoms with Gasteiger partial charge in [0.2, 0.25) is 5.91 Å². The second kappa shape index (κ2) is 5.47. The molecule has 1 aromatic heterocycles. The van der Waals surface area contributed by atoms with Gasteiger partial charge in [0.15, 0.2) is 0 Å². The zero-order valence-electron chi connectivity index (χ0n) is 8.23. The molecule has 0 aliphatic rings. The lowest BCUT2D eigenvalue weighted by atomic mass is 10.2. The van der Waals surface area contributed by atoms with Crippen LogP contribution in [0.3, 0.4) is 0 Å². The van der Waals surface area contributed by atoms with E-state index in [2.05, 4.69) is 5.32 Å². The van der Waals surface area contributed by atoms with Gasteiger partial charge in [0.05, 0.1) is 12.2 Å². The summed E-state index contributed by atoms with van der Waals surface area (Å²) in [6.07, 6.45) is 0. The number of ether oxygens (including phenoxy) is 1. The Morgan fingerprint density at radius 2 is 2.40 bits per heavy atom. The zero-order valence-corrected chi connectivity index (χ0v) is 9.04. The van der Waals surface area contributed by atoms with Crippen LogP contribution < -0.4 is 11.1 Å². The first-order chi connectivity index (χ1) is 7.15. The fourth-order valence-electron chi connectivity index (χ4n) is 0.997. The van der Waals surface area contributed by atoms with Crippen LogP contribution in [0.15, 0.2) is 16.8 Å². The first kappa shape index (κ1) is 11.7. The molecule has 0 saturated heterocycles. The molecule has 3 N–H and O–H groups in total. The van der Waals surface area contributed by atoms with Gasteiger partial charge in [-0.25, -0.2) is 0 Å². The van der Waals surface area contributed by atoms with Crippen LogP contribution in [0, 0.1) is 0 Å². The maximum atomic E-state index is 11.5. The van der Waals surface area contributed by atoms with Crippen LogP contribution in [0.5, 0.6) is 0 Å². The van der Waals surface area contributed by atoms with Crippen molar-refractivity contribution in [1.29, 1.82) is 0 Å². The number of primary amides is 1. The van der Waals surface area contributed by atoms with Gasteiger partial charge >= 0.3 is 0 Å². The van der Waals surface area contributed by atoms with Gasteiger partial charge in [-0.15, -0.1) is 0 Å². The molecule has 1 unspecified atom stereocenters. The van der Waals surface area contributed by atoms with E-state index in [1.165, 1.54) is 18.4 Å². The molecule has 0 aliphatic carbocycles. The average molecular weight is 228 g/mol. The Morgan fingerprint density at radius 3 is 2.87 bits per heavy atom. The molecule has 0 bridgehead atoms. The van der Waals surface area contributed by atoms with E-state index >= 15 is 0 Å². The number of methoxy groups -OCH3 is 1. The highest BCUT2D eigenvalue weighted by Crippen LogP contribution is 2.05. The summed E-state index contributed by atoms with van der Waals surface area (Å²) < 4.78 is 4.77. The minimum absolute atomic E-state index is 0.0746. The van der Waals surface area contributed by atoms with Gasteiger partial charge in [0.1, 0.15) is 6.04 Å². The fourth-order valence-corrected chi connectivity index (χ4v) is 1.63. The molecule has 0 aromatic carbocycles. The summed E-state index contributed by atoms with van der Waals surface area (Å²) in [6, 6.07) is 0.882. The highest BCUT2D eigenvalue weighted by atomic mass is 32.1. The van der Waals surface area contributed by atoms with Crippen molar-refractivity contribution in [2.24, 2.45) is 5.73 Å². The second-order valence-corrected chi connectivity index (χ2v) is 3.68. The number of nitrogens with one attached hydrogen (secondary N) is 1. The SMILES string of the molecule is COCC(NC(=O)c1ccsc1)C(N)=O. The molecule has 82 valence electrons.